The summed E-state index contributed by atoms with van der Waals surface area (Å²) in [5, 5.41) is 3.52. The predicted octanol–water partition coefficient (Wildman–Crippen LogP) is 2.93. The van der Waals surface area contributed by atoms with Crippen LogP contribution in [-0.4, -0.2) is 29.1 Å². The maximum Gasteiger partial charge on any atom is 0.141 e. The SMILES string of the molecule is Nc1cc(NC2CCCN(c3ccc(F)c(Cl)c3)C2)ncn1. The summed E-state index contributed by atoms with van der Waals surface area (Å²) < 4.78 is 13.3. The number of hydrogen-bond donors (Lipinski definition) is 2. The largest absolute Gasteiger partial charge is 0.384 e. The molecule has 1 fully saturated rings. The summed E-state index contributed by atoms with van der Waals surface area (Å²) >= 11 is 5.87. The molecule has 0 aliphatic carbocycles. The zero-order chi connectivity index (χ0) is 15.5. The van der Waals surface area contributed by atoms with E-state index in [-0.39, 0.29) is 11.1 Å². The third-order valence-electron chi connectivity index (χ3n) is 3.73. The van der Waals surface area contributed by atoms with Gasteiger partial charge in [-0.1, -0.05) is 11.6 Å². The summed E-state index contributed by atoms with van der Waals surface area (Å²) in [4.78, 5) is 10.2. The van der Waals surface area contributed by atoms with Crippen molar-refractivity contribution in [3.8, 4) is 0 Å². The lowest BCUT2D eigenvalue weighted by Gasteiger charge is -2.35. The maximum atomic E-state index is 13.3. The highest BCUT2D eigenvalue weighted by atomic mass is 35.5. The van der Waals surface area contributed by atoms with E-state index in [1.165, 1.54) is 12.4 Å². The van der Waals surface area contributed by atoms with Gasteiger partial charge in [-0.3, -0.25) is 0 Å². The highest BCUT2D eigenvalue weighted by Crippen LogP contribution is 2.26. The fraction of sp³-hybridized carbons (Fsp3) is 0.333. The first-order valence-corrected chi connectivity index (χ1v) is 7.53. The molecule has 22 heavy (non-hydrogen) atoms. The average molecular weight is 322 g/mol. The molecule has 7 heteroatoms. The Balaban J connectivity index is 1.69. The number of rotatable bonds is 3. The Morgan fingerprint density at radius 3 is 2.95 bits per heavy atom. The number of nitrogen functional groups attached to an aromatic ring is 1. The number of halogens is 2. The van der Waals surface area contributed by atoms with E-state index in [1.807, 2.05) is 0 Å². The third kappa shape index (κ3) is 3.39. The topological polar surface area (TPSA) is 67.1 Å². The molecule has 3 N–H and O–H groups in total. The third-order valence-corrected chi connectivity index (χ3v) is 4.02. The van der Waals surface area contributed by atoms with Crippen LogP contribution in [-0.2, 0) is 0 Å². The molecule has 3 rings (SSSR count). The van der Waals surface area contributed by atoms with Crippen molar-refractivity contribution in [1.82, 2.24) is 9.97 Å². The number of aromatic nitrogens is 2. The smallest absolute Gasteiger partial charge is 0.141 e. The normalized spacial score (nSPS) is 18.3. The Morgan fingerprint density at radius 1 is 1.32 bits per heavy atom. The van der Waals surface area contributed by atoms with Crippen LogP contribution in [0.25, 0.3) is 0 Å². The van der Waals surface area contributed by atoms with Crippen molar-refractivity contribution in [1.29, 1.82) is 0 Å². The van der Waals surface area contributed by atoms with Crippen LogP contribution in [0.3, 0.4) is 0 Å². The second-order valence-corrected chi connectivity index (χ2v) is 5.76. The van der Waals surface area contributed by atoms with E-state index in [4.69, 9.17) is 17.3 Å². The summed E-state index contributed by atoms with van der Waals surface area (Å²) in [7, 11) is 0. The van der Waals surface area contributed by atoms with E-state index in [2.05, 4.69) is 20.2 Å². The summed E-state index contributed by atoms with van der Waals surface area (Å²) in [6.07, 6.45) is 3.51. The van der Waals surface area contributed by atoms with Gasteiger partial charge in [0.25, 0.3) is 0 Å². The van der Waals surface area contributed by atoms with Gasteiger partial charge in [0.05, 0.1) is 5.02 Å². The molecule has 0 bridgehead atoms. The van der Waals surface area contributed by atoms with E-state index >= 15 is 0 Å². The van der Waals surface area contributed by atoms with Crippen molar-refractivity contribution >= 4 is 28.9 Å². The average Bonchev–Trinajstić information content (AvgIpc) is 2.50. The highest BCUT2D eigenvalue weighted by molar-refractivity contribution is 6.31. The Kier molecular flexibility index (Phi) is 4.29. The number of anilines is 3. The molecule has 0 saturated carbocycles. The van der Waals surface area contributed by atoms with Crippen molar-refractivity contribution in [3.05, 3.63) is 41.4 Å². The molecule has 1 saturated heterocycles. The molecule has 0 spiro atoms. The molecule has 0 radical (unpaired) electrons. The van der Waals surface area contributed by atoms with Gasteiger partial charge in [0.2, 0.25) is 0 Å². The van der Waals surface area contributed by atoms with Crippen LogP contribution >= 0.6 is 11.6 Å². The van der Waals surface area contributed by atoms with Gasteiger partial charge >= 0.3 is 0 Å². The molecule has 1 aliphatic heterocycles. The molecule has 1 aromatic heterocycles. The van der Waals surface area contributed by atoms with Crippen LogP contribution in [0.5, 0.6) is 0 Å². The van der Waals surface area contributed by atoms with Crippen LogP contribution < -0.4 is 16.0 Å². The molecule has 2 heterocycles. The molecular formula is C15H17ClFN5. The van der Waals surface area contributed by atoms with Crippen LogP contribution in [0.2, 0.25) is 5.02 Å². The number of benzene rings is 1. The minimum absolute atomic E-state index is 0.149. The standard InChI is InChI=1S/C15H17ClFN5/c16-12-6-11(3-4-13(12)17)22-5-1-2-10(8-22)21-15-7-14(18)19-9-20-15/h3-4,6-7,9-10H,1-2,5,8H2,(H3,18,19,20,21). The van der Waals surface area contributed by atoms with Gasteiger partial charge in [-0.15, -0.1) is 0 Å². The quantitative estimate of drug-likeness (QED) is 0.910. The van der Waals surface area contributed by atoms with Crippen molar-refractivity contribution in [2.45, 2.75) is 18.9 Å². The first-order valence-electron chi connectivity index (χ1n) is 7.16. The number of nitrogens with one attached hydrogen (secondary N) is 1. The van der Waals surface area contributed by atoms with Crippen molar-refractivity contribution in [2.24, 2.45) is 0 Å². The Bertz CT molecular complexity index is 666. The predicted molar refractivity (Wildman–Crippen MR) is 86.7 cm³/mol. The summed E-state index contributed by atoms with van der Waals surface area (Å²) in [6, 6.07) is 6.79. The van der Waals surface area contributed by atoms with Crippen molar-refractivity contribution in [3.63, 3.8) is 0 Å². The van der Waals surface area contributed by atoms with Gasteiger partial charge in [-0.05, 0) is 31.0 Å². The molecule has 2 aromatic rings. The fourth-order valence-electron chi connectivity index (χ4n) is 2.67. The van der Waals surface area contributed by atoms with E-state index in [0.29, 0.717) is 5.82 Å². The molecule has 1 aromatic carbocycles. The first-order chi connectivity index (χ1) is 10.6. The van der Waals surface area contributed by atoms with Crippen molar-refractivity contribution in [2.75, 3.05) is 29.0 Å². The number of nitrogens with two attached hydrogens (primary N) is 1. The molecular weight excluding hydrogens is 305 g/mol. The summed E-state index contributed by atoms with van der Waals surface area (Å²) in [5.74, 6) is 0.764. The Morgan fingerprint density at radius 2 is 2.18 bits per heavy atom. The van der Waals surface area contributed by atoms with Gasteiger partial charge in [0.1, 0.15) is 23.8 Å². The lowest BCUT2D eigenvalue weighted by Crippen LogP contribution is -2.42. The molecule has 5 nitrogen and oxygen atoms in total. The second-order valence-electron chi connectivity index (χ2n) is 5.36. The molecule has 0 amide bonds. The van der Waals surface area contributed by atoms with Gasteiger partial charge in [-0.25, -0.2) is 14.4 Å². The van der Waals surface area contributed by atoms with Crippen LogP contribution in [0.15, 0.2) is 30.6 Å². The van der Waals surface area contributed by atoms with E-state index in [1.54, 1.807) is 18.2 Å². The summed E-state index contributed by atoms with van der Waals surface area (Å²) in [5.41, 5.74) is 6.59. The molecule has 1 aliphatic rings. The minimum atomic E-state index is -0.395. The Labute approximate surface area is 133 Å². The zero-order valence-corrected chi connectivity index (χ0v) is 12.7. The number of nitrogens with zero attached hydrogens (tertiary/aromatic N) is 3. The van der Waals surface area contributed by atoms with Crippen LogP contribution in [0.4, 0.5) is 21.7 Å². The van der Waals surface area contributed by atoms with Gasteiger partial charge in [0.15, 0.2) is 0 Å². The number of hydrogen-bond acceptors (Lipinski definition) is 5. The summed E-state index contributed by atoms with van der Waals surface area (Å²) in [6.45, 7) is 1.72. The zero-order valence-electron chi connectivity index (χ0n) is 12.0. The molecule has 1 unspecified atom stereocenters. The van der Waals surface area contributed by atoms with Crippen LogP contribution in [0, 0.1) is 5.82 Å². The maximum absolute atomic E-state index is 13.3. The lowest BCUT2D eigenvalue weighted by atomic mass is 10.0. The Hall–Kier alpha value is -2.08. The first kappa shape index (κ1) is 14.8. The van der Waals surface area contributed by atoms with Gasteiger partial charge in [-0.2, -0.15) is 0 Å². The van der Waals surface area contributed by atoms with E-state index in [9.17, 15) is 4.39 Å². The number of piperidine rings is 1. The lowest BCUT2D eigenvalue weighted by molar-refractivity contribution is 0.528. The van der Waals surface area contributed by atoms with Crippen molar-refractivity contribution < 1.29 is 4.39 Å². The van der Waals surface area contributed by atoms with E-state index in [0.717, 1.165) is 37.4 Å². The van der Waals surface area contributed by atoms with E-state index < -0.39 is 5.82 Å². The molecule has 1 atom stereocenters. The second kappa shape index (κ2) is 6.36. The fourth-order valence-corrected chi connectivity index (χ4v) is 2.85. The van der Waals surface area contributed by atoms with Crippen LogP contribution in [0.1, 0.15) is 12.8 Å². The minimum Gasteiger partial charge on any atom is -0.384 e. The monoisotopic (exact) mass is 321 g/mol. The van der Waals surface area contributed by atoms with Gasteiger partial charge < -0.3 is 16.0 Å². The van der Waals surface area contributed by atoms with Gasteiger partial charge in [0, 0.05) is 30.9 Å². The highest BCUT2D eigenvalue weighted by Gasteiger charge is 2.21. The molecule has 116 valence electrons.